The molecule has 7 atom stereocenters. The zero-order valence-electron chi connectivity index (χ0n) is 17.6. The Morgan fingerprint density at radius 3 is 2.81 bits per heavy atom. The van der Waals surface area contributed by atoms with Crippen molar-refractivity contribution in [3.8, 4) is 0 Å². The standard InChI is InChI=1S/C20H29ClNO9P/c1-2-4-16(23)22-17-19(25)18(24)15(30-20(17)26)10-28-11-32(27)29-8-7-14(31-32)12-5-3-6-13(21)9-12/h3,5-6,9,14-15,17-20,24-26H,2,4,7-8,10-11H2,1H3,(H,22,23)/t14-,15+,17+,18+,19+,20?,32?/m0/s1. The van der Waals surface area contributed by atoms with Crippen LogP contribution in [0.5, 0.6) is 0 Å². The van der Waals surface area contributed by atoms with Gasteiger partial charge < -0.3 is 34.6 Å². The molecule has 0 spiro atoms. The summed E-state index contributed by atoms with van der Waals surface area (Å²) in [5.41, 5.74) is 0.773. The van der Waals surface area contributed by atoms with Crippen LogP contribution in [0.15, 0.2) is 24.3 Å². The van der Waals surface area contributed by atoms with Gasteiger partial charge in [-0.05, 0) is 24.1 Å². The molecule has 0 saturated carbocycles. The molecule has 2 unspecified atom stereocenters. The number of nitrogens with one attached hydrogen (secondary N) is 1. The van der Waals surface area contributed by atoms with E-state index in [0.717, 1.165) is 5.56 Å². The van der Waals surface area contributed by atoms with Crippen molar-refractivity contribution in [1.29, 1.82) is 0 Å². The van der Waals surface area contributed by atoms with E-state index in [-0.39, 0.29) is 25.5 Å². The molecular weight excluding hydrogens is 465 g/mol. The summed E-state index contributed by atoms with van der Waals surface area (Å²) in [6.45, 7) is 1.73. The molecule has 0 radical (unpaired) electrons. The molecule has 3 rings (SSSR count). The minimum atomic E-state index is -3.59. The van der Waals surface area contributed by atoms with Crippen LogP contribution < -0.4 is 5.32 Å². The Morgan fingerprint density at radius 1 is 1.31 bits per heavy atom. The van der Waals surface area contributed by atoms with Crippen molar-refractivity contribution in [3.05, 3.63) is 34.9 Å². The van der Waals surface area contributed by atoms with Crippen LogP contribution >= 0.6 is 19.2 Å². The van der Waals surface area contributed by atoms with E-state index in [0.29, 0.717) is 17.9 Å². The molecule has 4 N–H and O–H groups in total. The lowest BCUT2D eigenvalue weighted by atomic mass is 9.97. The highest BCUT2D eigenvalue weighted by atomic mass is 35.5. The van der Waals surface area contributed by atoms with Gasteiger partial charge in [-0.2, -0.15) is 0 Å². The minimum Gasteiger partial charge on any atom is -0.388 e. The number of carbonyl (C=O) groups excluding carboxylic acids is 1. The van der Waals surface area contributed by atoms with E-state index in [4.69, 9.17) is 30.1 Å². The van der Waals surface area contributed by atoms with Gasteiger partial charge in [0.2, 0.25) is 5.91 Å². The Labute approximate surface area is 191 Å². The Balaban J connectivity index is 1.52. The number of hydrogen-bond donors (Lipinski definition) is 4. The predicted molar refractivity (Wildman–Crippen MR) is 114 cm³/mol. The van der Waals surface area contributed by atoms with Gasteiger partial charge in [0, 0.05) is 17.9 Å². The van der Waals surface area contributed by atoms with Crippen LogP contribution in [-0.2, 0) is 27.9 Å². The third kappa shape index (κ3) is 6.50. The van der Waals surface area contributed by atoms with Gasteiger partial charge in [-0.15, -0.1) is 0 Å². The largest absolute Gasteiger partial charge is 0.388 e. The Hall–Kier alpha value is -1.07. The zero-order chi connectivity index (χ0) is 23.3. The van der Waals surface area contributed by atoms with Crippen molar-refractivity contribution in [3.63, 3.8) is 0 Å². The lowest BCUT2D eigenvalue weighted by molar-refractivity contribution is -0.256. The van der Waals surface area contributed by atoms with Gasteiger partial charge in [-0.3, -0.25) is 13.9 Å². The van der Waals surface area contributed by atoms with Crippen LogP contribution in [0, 0.1) is 0 Å². The van der Waals surface area contributed by atoms with Gasteiger partial charge in [-0.1, -0.05) is 30.7 Å². The molecule has 12 heteroatoms. The van der Waals surface area contributed by atoms with Crippen LogP contribution in [0.25, 0.3) is 0 Å². The summed E-state index contributed by atoms with van der Waals surface area (Å²) >= 11 is 6.01. The number of rotatable bonds is 8. The molecule has 10 nitrogen and oxygen atoms in total. The van der Waals surface area contributed by atoms with Crippen LogP contribution in [0.4, 0.5) is 0 Å². The molecule has 32 heavy (non-hydrogen) atoms. The monoisotopic (exact) mass is 493 g/mol. The van der Waals surface area contributed by atoms with Gasteiger partial charge in [0.15, 0.2) is 6.29 Å². The number of amides is 1. The number of benzene rings is 1. The minimum absolute atomic E-state index is 0.205. The summed E-state index contributed by atoms with van der Waals surface area (Å²) in [4.78, 5) is 11.8. The van der Waals surface area contributed by atoms with Crippen LogP contribution in [0.3, 0.4) is 0 Å². The average molecular weight is 494 g/mol. The number of ether oxygens (including phenoxy) is 2. The second-order valence-corrected chi connectivity index (χ2v) is 10.2. The van der Waals surface area contributed by atoms with Crippen molar-refractivity contribution >= 4 is 25.1 Å². The maximum absolute atomic E-state index is 12.9. The third-order valence-corrected chi connectivity index (χ3v) is 7.12. The summed E-state index contributed by atoms with van der Waals surface area (Å²) in [5.74, 6) is -0.375. The highest BCUT2D eigenvalue weighted by molar-refractivity contribution is 7.53. The molecule has 0 aliphatic carbocycles. The van der Waals surface area contributed by atoms with Gasteiger partial charge >= 0.3 is 7.60 Å². The lowest BCUT2D eigenvalue weighted by Gasteiger charge is -2.41. The van der Waals surface area contributed by atoms with E-state index in [9.17, 15) is 24.7 Å². The Bertz CT molecular complexity index is 828. The van der Waals surface area contributed by atoms with Crippen molar-refractivity contribution in [2.45, 2.75) is 62.9 Å². The molecule has 2 fully saturated rings. The van der Waals surface area contributed by atoms with E-state index in [1.807, 2.05) is 13.0 Å². The second kappa shape index (κ2) is 11.4. The van der Waals surface area contributed by atoms with E-state index in [1.165, 1.54) is 0 Å². The SMILES string of the molecule is CCCC(=O)N[C@H]1C(O)O[C@H](COCP2(=O)OCC[C@@H](c3cccc(Cl)c3)O2)[C@@H](O)[C@@H]1O. The molecular formula is C20H29ClNO9P. The quantitative estimate of drug-likeness (QED) is 0.398. The topological polar surface area (TPSA) is 144 Å². The van der Waals surface area contributed by atoms with Crippen molar-refractivity contribution in [2.75, 3.05) is 19.6 Å². The summed E-state index contributed by atoms with van der Waals surface area (Å²) in [7, 11) is -3.59. The Kier molecular flexibility index (Phi) is 9.08. The number of halogens is 1. The fourth-order valence-corrected chi connectivity index (χ4v) is 5.31. The van der Waals surface area contributed by atoms with Gasteiger partial charge in [0.1, 0.15) is 30.7 Å². The first-order valence-corrected chi connectivity index (χ1v) is 12.6. The smallest absolute Gasteiger partial charge is 0.356 e. The number of aliphatic hydroxyl groups excluding tert-OH is 3. The van der Waals surface area contributed by atoms with Gasteiger partial charge in [-0.25, -0.2) is 0 Å². The van der Waals surface area contributed by atoms with Crippen molar-refractivity contribution < 1.29 is 43.2 Å². The maximum atomic E-state index is 12.9. The number of aliphatic hydroxyl groups is 3. The maximum Gasteiger partial charge on any atom is 0.356 e. The van der Waals surface area contributed by atoms with E-state index in [2.05, 4.69) is 5.32 Å². The summed E-state index contributed by atoms with van der Waals surface area (Å²) in [5, 5.41) is 33.8. The van der Waals surface area contributed by atoms with Crippen LogP contribution in [0.1, 0.15) is 37.9 Å². The normalized spacial score (nSPS) is 35.4. The molecule has 2 aliphatic rings. The van der Waals surface area contributed by atoms with E-state index in [1.54, 1.807) is 18.2 Å². The second-order valence-electron chi connectivity index (χ2n) is 7.77. The molecule has 1 aromatic carbocycles. The van der Waals surface area contributed by atoms with E-state index >= 15 is 0 Å². The third-order valence-electron chi connectivity index (χ3n) is 5.23. The van der Waals surface area contributed by atoms with Crippen molar-refractivity contribution in [1.82, 2.24) is 5.32 Å². The molecule has 2 aliphatic heterocycles. The van der Waals surface area contributed by atoms with Crippen LogP contribution in [0.2, 0.25) is 5.02 Å². The molecule has 1 amide bonds. The number of carbonyl (C=O) groups is 1. The summed E-state index contributed by atoms with van der Waals surface area (Å²) in [6, 6.07) is 5.87. The predicted octanol–water partition coefficient (Wildman–Crippen LogP) is 1.71. The highest BCUT2D eigenvalue weighted by Gasteiger charge is 2.45. The first kappa shape index (κ1) is 25.6. The van der Waals surface area contributed by atoms with E-state index < -0.39 is 50.7 Å². The lowest BCUT2D eigenvalue weighted by Crippen LogP contribution is -2.64. The first-order valence-electron chi connectivity index (χ1n) is 10.5. The Morgan fingerprint density at radius 2 is 2.09 bits per heavy atom. The molecule has 2 saturated heterocycles. The summed E-state index contributed by atoms with van der Waals surface area (Å²) < 4.78 is 34.6. The first-order chi connectivity index (χ1) is 15.2. The molecule has 0 aromatic heterocycles. The molecule has 2 heterocycles. The average Bonchev–Trinajstić information content (AvgIpc) is 2.75. The zero-order valence-corrected chi connectivity index (χ0v) is 19.3. The van der Waals surface area contributed by atoms with Gasteiger partial charge in [0.25, 0.3) is 0 Å². The van der Waals surface area contributed by atoms with Crippen LogP contribution in [-0.4, -0.2) is 71.4 Å². The fraction of sp³-hybridized carbons (Fsp3) is 0.650. The molecule has 0 bridgehead atoms. The highest BCUT2D eigenvalue weighted by Crippen LogP contribution is 2.56. The fourth-order valence-electron chi connectivity index (χ4n) is 3.58. The van der Waals surface area contributed by atoms with Gasteiger partial charge in [0.05, 0.1) is 19.3 Å². The summed E-state index contributed by atoms with van der Waals surface area (Å²) in [6.07, 6.45) is -5.15. The number of hydrogen-bond acceptors (Lipinski definition) is 9. The molecule has 180 valence electrons. The van der Waals surface area contributed by atoms with Crippen molar-refractivity contribution in [2.24, 2.45) is 0 Å². The molecule has 1 aromatic rings.